The quantitative estimate of drug-likeness (QED) is 0.235. The Kier molecular flexibility index (Phi) is 9.04. The predicted octanol–water partition coefficient (Wildman–Crippen LogP) is 5.66. The summed E-state index contributed by atoms with van der Waals surface area (Å²) in [5, 5.41) is 9.48. The number of aliphatic hydroxyl groups excluding tert-OH is 1. The number of fused-ring (bicyclic) bond motifs is 1. The summed E-state index contributed by atoms with van der Waals surface area (Å²) in [6.45, 7) is 7.39. The third kappa shape index (κ3) is 6.67. The minimum absolute atomic E-state index is 0.0299. The summed E-state index contributed by atoms with van der Waals surface area (Å²) in [4.78, 5) is 27.1. The topological polar surface area (TPSA) is 93.6 Å². The molecule has 2 heterocycles. The number of alkyl halides is 6. The lowest BCUT2D eigenvalue weighted by Gasteiger charge is -2.23. The highest BCUT2D eigenvalue weighted by molar-refractivity contribution is 7.22. The van der Waals surface area contributed by atoms with Crippen molar-refractivity contribution in [2.75, 3.05) is 7.11 Å². The molecule has 216 valence electrons. The molecule has 1 aromatic carbocycles. The van der Waals surface area contributed by atoms with E-state index in [1.165, 1.54) is 50.5 Å². The number of nitrogens with one attached hydrogen (secondary N) is 1. The maximum Gasteiger partial charge on any atom is 0.416 e. The van der Waals surface area contributed by atoms with Crippen LogP contribution in [-0.2, 0) is 6.54 Å². The summed E-state index contributed by atoms with van der Waals surface area (Å²) >= 11 is 0.832. The molecule has 0 radical (unpaired) electrons. The Hall–Kier alpha value is -3.78. The van der Waals surface area contributed by atoms with Crippen molar-refractivity contribution in [2.45, 2.75) is 44.4 Å². The Balaban J connectivity index is 2.12. The van der Waals surface area contributed by atoms with Gasteiger partial charge in [0.15, 0.2) is 17.6 Å². The van der Waals surface area contributed by atoms with Gasteiger partial charge in [0, 0.05) is 4.88 Å². The Bertz CT molecular complexity index is 1560. The molecule has 0 bridgehead atoms. The molecule has 0 saturated heterocycles. The van der Waals surface area contributed by atoms with Gasteiger partial charge in [-0.05, 0) is 41.8 Å². The number of allylic oxidation sites excluding steroid dienone is 2. The first-order valence-electron chi connectivity index (χ1n) is 11.5. The molecule has 40 heavy (non-hydrogen) atoms. The number of halogens is 6. The van der Waals surface area contributed by atoms with Gasteiger partial charge in [0.2, 0.25) is 0 Å². The summed E-state index contributed by atoms with van der Waals surface area (Å²) < 4.78 is 90.4. The molecule has 0 spiro atoms. The van der Waals surface area contributed by atoms with Crippen LogP contribution in [0.4, 0.5) is 26.3 Å². The van der Waals surface area contributed by atoms with E-state index in [4.69, 9.17) is 9.47 Å². The molecule has 0 fully saturated rings. The van der Waals surface area contributed by atoms with Gasteiger partial charge < -0.3 is 14.6 Å². The van der Waals surface area contributed by atoms with Gasteiger partial charge >= 0.3 is 18.0 Å². The summed E-state index contributed by atoms with van der Waals surface area (Å²) in [5.74, 6) is -0.0125. The van der Waals surface area contributed by atoms with Crippen LogP contribution in [0.1, 0.15) is 12.0 Å². The normalized spacial score (nSPS) is 14.2. The number of methoxy groups -OCH3 is 1. The fraction of sp³-hybridized carbons (Fsp3) is 0.308. The highest BCUT2D eigenvalue weighted by Crippen LogP contribution is 2.41. The molecule has 2 atom stereocenters. The number of hydrogen-bond acceptors (Lipinski definition) is 6. The molecule has 2 aromatic heterocycles. The van der Waals surface area contributed by atoms with E-state index in [-0.39, 0.29) is 27.3 Å². The highest BCUT2D eigenvalue weighted by atomic mass is 32.1. The van der Waals surface area contributed by atoms with Gasteiger partial charge in [-0.2, -0.15) is 26.3 Å². The standard InChI is InChI=1S/C26H24F6N2O5S/c1-5-7-14(6-2)18(11-25(27,28)29)39-16-9-8-15(10-17(16)38-4)21-13(3)20-22(36)33-24(37)34(23(20)40-21)12-19(35)26(30,31)32/h5-10,18-19,35H,1-2,11-12H2,3-4H3,(H,33,36,37)/b14-7+/t18?,19-/m1/s1. The molecule has 2 N–H and O–H groups in total. The van der Waals surface area contributed by atoms with Crippen LogP contribution < -0.4 is 20.7 Å². The van der Waals surface area contributed by atoms with Crippen molar-refractivity contribution in [2.24, 2.45) is 0 Å². The third-order valence-electron chi connectivity index (χ3n) is 5.83. The molecular formula is C26H24F6N2O5S. The largest absolute Gasteiger partial charge is 0.493 e. The van der Waals surface area contributed by atoms with Gasteiger partial charge in [0.25, 0.3) is 5.56 Å². The first-order chi connectivity index (χ1) is 18.6. The van der Waals surface area contributed by atoms with Crippen molar-refractivity contribution in [1.82, 2.24) is 9.55 Å². The number of rotatable bonds is 10. The lowest BCUT2D eigenvalue weighted by molar-refractivity contribution is -0.207. The number of H-pyrrole nitrogens is 1. The first-order valence-corrected chi connectivity index (χ1v) is 12.3. The van der Waals surface area contributed by atoms with Gasteiger partial charge in [-0.3, -0.25) is 14.3 Å². The Morgan fingerprint density at radius 1 is 1.18 bits per heavy atom. The van der Waals surface area contributed by atoms with E-state index >= 15 is 0 Å². The molecule has 7 nitrogen and oxygen atoms in total. The van der Waals surface area contributed by atoms with E-state index in [1.807, 2.05) is 4.98 Å². The van der Waals surface area contributed by atoms with Crippen LogP contribution in [0, 0.1) is 6.92 Å². The molecule has 0 amide bonds. The molecule has 1 unspecified atom stereocenters. The first kappa shape index (κ1) is 30.8. The average Bonchev–Trinajstić information content (AvgIpc) is 3.20. The van der Waals surface area contributed by atoms with E-state index in [0.717, 1.165) is 11.3 Å². The maximum atomic E-state index is 13.3. The minimum atomic E-state index is -5.00. The van der Waals surface area contributed by atoms with E-state index < -0.39 is 48.8 Å². The predicted molar refractivity (Wildman–Crippen MR) is 139 cm³/mol. The monoisotopic (exact) mass is 590 g/mol. The second-order valence-corrected chi connectivity index (χ2v) is 9.56. The van der Waals surface area contributed by atoms with E-state index in [0.29, 0.717) is 20.6 Å². The fourth-order valence-corrected chi connectivity index (χ4v) is 5.24. The number of thiophene rings is 1. The molecule has 0 aliphatic carbocycles. The molecule has 0 aliphatic rings. The Morgan fingerprint density at radius 3 is 2.40 bits per heavy atom. The molecule has 0 saturated carbocycles. The number of ether oxygens (including phenoxy) is 2. The lowest BCUT2D eigenvalue weighted by atomic mass is 10.1. The van der Waals surface area contributed by atoms with Crippen LogP contribution in [0.2, 0.25) is 0 Å². The van der Waals surface area contributed by atoms with Crippen molar-refractivity contribution in [3.63, 3.8) is 0 Å². The number of hydrogen-bond donors (Lipinski definition) is 2. The van der Waals surface area contributed by atoms with Crippen molar-refractivity contribution < 1.29 is 40.9 Å². The Labute approximate surface area is 227 Å². The zero-order valence-electron chi connectivity index (χ0n) is 21.2. The van der Waals surface area contributed by atoms with Crippen molar-refractivity contribution >= 4 is 21.6 Å². The maximum absolute atomic E-state index is 13.3. The Morgan fingerprint density at radius 2 is 1.85 bits per heavy atom. The van der Waals surface area contributed by atoms with Crippen LogP contribution in [0.3, 0.4) is 0 Å². The van der Waals surface area contributed by atoms with Crippen LogP contribution in [0.5, 0.6) is 11.5 Å². The number of aromatic nitrogens is 2. The third-order valence-corrected chi connectivity index (χ3v) is 7.19. The summed E-state index contributed by atoms with van der Waals surface area (Å²) in [6.07, 6.45) is -11.4. The summed E-state index contributed by atoms with van der Waals surface area (Å²) in [6, 6.07) is 4.23. The van der Waals surface area contributed by atoms with Gasteiger partial charge in [0.1, 0.15) is 10.9 Å². The second-order valence-electron chi connectivity index (χ2n) is 8.56. The molecular weight excluding hydrogens is 566 g/mol. The van der Waals surface area contributed by atoms with Crippen LogP contribution in [-0.4, -0.2) is 46.3 Å². The average molecular weight is 591 g/mol. The molecule has 3 rings (SSSR count). The second kappa shape index (κ2) is 11.8. The summed E-state index contributed by atoms with van der Waals surface area (Å²) in [5.41, 5.74) is -1.13. The zero-order valence-corrected chi connectivity index (χ0v) is 22.0. The number of nitrogens with zero attached hydrogens (tertiary/aromatic N) is 1. The fourth-order valence-electron chi connectivity index (χ4n) is 3.93. The summed E-state index contributed by atoms with van der Waals surface area (Å²) in [7, 11) is 1.26. The number of aliphatic hydroxyl groups is 1. The van der Waals surface area contributed by atoms with Gasteiger partial charge in [-0.15, -0.1) is 11.3 Å². The van der Waals surface area contributed by atoms with Crippen LogP contribution in [0.25, 0.3) is 20.7 Å². The smallest absolute Gasteiger partial charge is 0.416 e. The van der Waals surface area contributed by atoms with Gasteiger partial charge in [0.05, 0.1) is 25.5 Å². The van der Waals surface area contributed by atoms with Gasteiger partial charge in [-0.1, -0.05) is 31.4 Å². The molecule has 0 aliphatic heterocycles. The number of benzene rings is 1. The van der Waals surface area contributed by atoms with Crippen molar-refractivity contribution in [3.8, 4) is 21.9 Å². The SMILES string of the molecule is C=C/C=C(\C=C)C(CC(F)(F)F)Oc1ccc(-c2sc3c(c2C)c(=O)[nH]c(=O)n3C[C@@H](O)C(F)(F)F)cc1OC. The minimum Gasteiger partial charge on any atom is -0.493 e. The number of aromatic amines is 1. The van der Waals surface area contributed by atoms with Crippen molar-refractivity contribution in [1.29, 1.82) is 0 Å². The van der Waals surface area contributed by atoms with Crippen LogP contribution in [0.15, 0.2) is 64.7 Å². The molecule has 3 aromatic rings. The van der Waals surface area contributed by atoms with E-state index in [9.17, 15) is 41.0 Å². The van der Waals surface area contributed by atoms with Gasteiger partial charge in [-0.25, -0.2) is 4.79 Å². The zero-order chi connectivity index (χ0) is 30.0. The molecule has 14 heteroatoms. The van der Waals surface area contributed by atoms with E-state index in [2.05, 4.69) is 13.2 Å². The lowest BCUT2D eigenvalue weighted by Crippen LogP contribution is -2.38. The van der Waals surface area contributed by atoms with Crippen molar-refractivity contribution in [3.05, 3.63) is 81.6 Å². The van der Waals surface area contributed by atoms with Crippen LogP contribution >= 0.6 is 11.3 Å². The van der Waals surface area contributed by atoms with E-state index in [1.54, 1.807) is 0 Å². The highest BCUT2D eigenvalue weighted by Gasteiger charge is 2.39. The number of aryl methyl sites for hydroxylation is 1.